The lowest BCUT2D eigenvalue weighted by molar-refractivity contribution is -0.130. The Labute approximate surface area is 98.8 Å². The van der Waals surface area contributed by atoms with Crippen LogP contribution in [0.25, 0.3) is 0 Å². The van der Waals surface area contributed by atoms with Gasteiger partial charge in [-0.2, -0.15) is 0 Å². The number of rotatable bonds is 3. The lowest BCUT2D eigenvalue weighted by Gasteiger charge is -2.48. The standard InChI is InChI=1S/C13H24N2O/c1-4-12(16)15-6-5-13(10-15)8-14(9-13)7-11(2)3/h11H,4-10H2,1-3H3. The Morgan fingerprint density at radius 3 is 2.56 bits per heavy atom. The third-order valence-corrected chi connectivity index (χ3v) is 3.83. The number of hydrogen-bond donors (Lipinski definition) is 0. The van der Waals surface area contributed by atoms with Gasteiger partial charge in [-0.25, -0.2) is 0 Å². The maximum absolute atomic E-state index is 11.6. The molecule has 0 atom stereocenters. The fraction of sp³-hybridized carbons (Fsp3) is 0.923. The summed E-state index contributed by atoms with van der Waals surface area (Å²) in [6, 6.07) is 0. The van der Waals surface area contributed by atoms with Crippen LogP contribution in [0.15, 0.2) is 0 Å². The van der Waals surface area contributed by atoms with Gasteiger partial charge < -0.3 is 9.80 Å². The molecule has 2 heterocycles. The monoisotopic (exact) mass is 224 g/mol. The molecule has 0 radical (unpaired) electrons. The highest BCUT2D eigenvalue weighted by Gasteiger charge is 2.48. The van der Waals surface area contributed by atoms with E-state index in [2.05, 4.69) is 23.6 Å². The first kappa shape index (κ1) is 11.9. The molecule has 0 aromatic heterocycles. The molecule has 92 valence electrons. The van der Waals surface area contributed by atoms with Gasteiger partial charge in [0.1, 0.15) is 0 Å². The molecule has 3 heteroatoms. The maximum Gasteiger partial charge on any atom is 0.222 e. The van der Waals surface area contributed by atoms with Gasteiger partial charge in [-0.3, -0.25) is 4.79 Å². The molecule has 1 amide bonds. The Kier molecular flexibility index (Phi) is 3.24. The van der Waals surface area contributed by atoms with Crippen LogP contribution < -0.4 is 0 Å². The van der Waals surface area contributed by atoms with Crippen LogP contribution in [0, 0.1) is 11.3 Å². The van der Waals surface area contributed by atoms with E-state index >= 15 is 0 Å². The maximum atomic E-state index is 11.6. The quantitative estimate of drug-likeness (QED) is 0.727. The second kappa shape index (κ2) is 4.36. The van der Waals surface area contributed by atoms with E-state index in [9.17, 15) is 4.79 Å². The van der Waals surface area contributed by atoms with Crippen LogP contribution >= 0.6 is 0 Å². The Morgan fingerprint density at radius 2 is 2.00 bits per heavy atom. The third kappa shape index (κ3) is 2.24. The highest BCUT2D eigenvalue weighted by molar-refractivity contribution is 5.76. The molecule has 0 aliphatic carbocycles. The first-order chi connectivity index (χ1) is 7.54. The van der Waals surface area contributed by atoms with Crippen LogP contribution in [0.2, 0.25) is 0 Å². The number of likely N-dealkylation sites (tertiary alicyclic amines) is 2. The molecular weight excluding hydrogens is 200 g/mol. The molecule has 2 aliphatic rings. The van der Waals surface area contributed by atoms with E-state index in [-0.39, 0.29) is 0 Å². The van der Waals surface area contributed by atoms with Gasteiger partial charge in [0.2, 0.25) is 5.91 Å². The van der Waals surface area contributed by atoms with E-state index in [1.807, 2.05) is 6.92 Å². The third-order valence-electron chi connectivity index (χ3n) is 3.83. The summed E-state index contributed by atoms with van der Waals surface area (Å²) in [6.07, 6.45) is 1.87. The van der Waals surface area contributed by atoms with Crippen molar-refractivity contribution in [2.75, 3.05) is 32.7 Å². The fourth-order valence-electron chi connectivity index (χ4n) is 3.18. The van der Waals surface area contributed by atoms with Gasteiger partial charge in [0.25, 0.3) is 0 Å². The average molecular weight is 224 g/mol. The number of hydrogen-bond acceptors (Lipinski definition) is 2. The minimum Gasteiger partial charge on any atom is -0.342 e. The van der Waals surface area contributed by atoms with E-state index in [4.69, 9.17) is 0 Å². The average Bonchev–Trinajstić information content (AvgIpc) is 2.60. The molecule has 3 nitrogen and oxygen atoms in total. The molecule has 0 unspecified atom stereocenters. The Bertz CT molecular complexity index is 269. The molecule has 0 aromatic carbocycles. The van der Waals surface area contributed by atoms with Crippen molar-refractivity contribution in [3.63, 3.8) is 0 Å². The number of carbonyl (C=O) groups is 1. The first-order valence-electron chi connectivity index (χ1n) is 6.55. The zero-order chi connectivity index (χ0) is 11.8. The highest BCUT2D eigenvalue weighted by Crippen LogP contribution is 2.39. The second-order valence-corrected chi connectivity index (χ2v) is 5.98. The lowest BCUT2D eigenvalue weighted by Crippen LogP contribution is -2.58. The summed E-state index contributed by atoms with van der Waals surface area (Å²) in [6.45, 7) is 12.1. The van der Waals surface area contributed by atoms with E-state index in [0.717, 1.165) is 19.0 Å². The normalized spacial score (nSPS) is 24.1. The summed E-state index contributed by atoms with van der Waals surface area (Å²) in [5, 5.41) is 0. The van der Waals surface area contributed by atoms with Crippen molar-refractivity contribution in [3.05, 3.63) is 0 Å². The van der Waals surface area contributed by atoms with Gasteiger partial charge in [0.15, 0.2) is 0 Å². The molecule has 2 saturated heterocycles. The molecule has 2 aliphatic heterocycles. The van der Waals surface area contributed by atoms with Crippen molar-refractivity contribution in [2.45, 2.75) is 33.6 Å². The Morgan fingerprint density at radius 1 is 1.31 bits per heavy atom. The van der Waals surface area contributed by atoms with Crippen LogP contribution in [0.3, 0.4) is 0 Å². The highest BCUT2D eigenvalue weighted by atomic mass is 16.2. The number of carbonyl (C=O) groups excluding carboxylic acids is 1. The smallest absolute Gasteiger partial charge is 0.222 e. The first-order valence-corrected chi connectivity index (χ1v) is 6.55. The molecular formula is C13H24N2O. The van der Waals surface area contributed by atoms with Crippen molar-refractivity contribution in [1.82, 2.24) is 9.80 Å². The predicted octanol–water partition coefficient (Wildman–Crippen LogP) is 1.59. The van der Waals surface area contributed by atoms with Crippen LogP contribution in [0.5, 0.6) is 0 Å². The van der Waals surface area contributed by atoms with Crippen molar-refractivity contribution in [3.8, 4) is 0 Å². The molecule has 16 heavy (non-hydrogen) atoms. The van der Waals surface area contributed by atoms with E-state index < -0.39 is 0 Å². The van der Waals surface area contributed by atoms with Gasteiger partial charge in [-0.1, -0.05) is 20.8 Å². The van der Waals surface area contributed by atoms with Crippen molar-refractivity contribution in [2.24, 2.45) is 11.3 Å². The molecule has 0 aromatic rings. The van der Waals surface area contributed by atoms with Crippen LogP contribution in [0.4, 0.5) is 0 Å². The van der Waals surface area contributed by atoms with Crippen LogP contribution in [-0.2, 0) is 4.79 Å². The summed E-state index contributed by atoms with van der Waals surface area (Å²) >= 11 is 0. The number of amides is 1. The topological polar surface area (TPSA) is 23.6 Å². The van der Waals surface area contributed by atoms with Crippen molar-refractivity contribution in [1.29, 1.82) is 0 Å². The van der Waals surface area contributed by atoms with Crippen LogP contribution in [-0.4, -0.2) is 48.4 Å². The molecule has 0 bridgehead atoms. The molecule has 2 fully saturated rings. The molecule has 2 rings (SSSR count). The lowest BCUT2D eigenvalue weighted by atomic mass is 9.78. The Balaban J connectivity index is 1.80. The summed E-state index contributed by atoms with van der Waals surface area (Å²) in [4.78, 5) is 16.2. The van der Waals surface area contributed by atoms with E-state index in [1.165, 1.54) is 26.1 Å². The van der Waals surface area contributed by atoms with Crippen molar-refractivity contribution < 1.29 is 4.79 Å². The minimum atomic E-state index is 0.333. The SMILES string of the molecule is CCC(=O)N1CCC2(CN(CC(C)C)C2)C1. The molecule has 0 saturated carbocycles. The summed E-state index contributed by atoms with van der Waals surface area (Å²) in [5.74, 6) is 1.09. The summed E-state index contributed by atoms with van der Waals surface area (Å²) in [7, 11) is 0. The van der Waals surface area contributed by atoms with Gasteiger partial charge in [-0.05, 0) is 12.3 Å². The molecule has 1 spiro atoms. The predicted molar refractivity (Wildman–Crippen MR) is 65.2 cm³/mol. The minimum absolute atomic E-state index is 0.333. The fourth-order valence-corrected chi connectivity index (χ4v) is 3.18. The largest absolute Gasteiger partial charge is 0.342 e. The van der Waals surface area contributed by atoms with Gasteiger partial charge in [-0.15, -0.1) is 0 Å². The Hall–Kier alpha value is -0.570. The summed E-state index contributed by atoms with van der Waals surface area (Å²) in [5.41, 5.74) is 0.458. The van der Waals surface area contributed by atoms with E-state index in [0.29, 0.717) is 17.7 Å². The summed E-state index contributed by atoms with van der Waals surface area (Å²) < 4.78 is 0. The van der Waals surface area contributed by atoms with E-state index in [1.54, 1.807) is 0 Å². The van der Waals surface area contributed by atoms with Gasteiger partial charge in [0.05, 0.1) is 0 Å². The van der Waals surface area contributed by atoms with Crippen LogP contribution in [0.1, 0.15) is 33.6 Å². The zero-order valence-corrected chi connectivity index (χ0v) is 10.8. The zero-order valence-electron chi connectivity index (χ0n) is 10.8. The van der Waals surface area contributed by atoms with Gasteiger partial charge >= 0.3 is 0 Å². The second-order valence-electron chi connectivity index (χ2n) is 5.98. The van der Waals surface area contributed by atoms with Crippen molar-refractivity contribution >= 4 is 5.91 Å². The number of nitrogens with zero attached hydrogens (tertiary/aromatic N) is 2. The molecule has 0 N–H and O–H groups in total. The van der Waals surface area contributed by atoms with Gasteiger partial charge in [0, 0.05) is 44.6 Å².